The van der Waals surface area contributed by atoms with E-state index >= 15 is 0 Å². The van der Waals surface area contributed by atoms with E-state index in [-0.39, 0.29) is 0 Å². The average molecular weight is 403 g/mol. The molecule has 0 spiro atoms. The van der Waals surface area contributed by atoms with Gasteiger partial charge in [-0.15, -0.1) is 0 Å². The summed E-state index contributed by atoms with van der Waals surface area (Å²) in [6, 6.07) is 0. The van der Waals surface area contributed by atoms with Gasteiger partial charge in [0.05, 0.1) is 0 Å². The monoisotopic (exact) mass is 402 g/mol. The van der Waals surface area contributed by atoms with E-state index in [4.69, 9.17) is 4.55 Å². The molecule has 23 heavy (non-hydrogen) atoms. The zero-order valence-corrected chi connectivity index (χ0v) is 15.0. The molecule has 126 valence electrons. The molecule has 0 aliphatic carbocycles. The van der Waals surface area contributed by atoms with Crippen molar-refractivity contribution in [2.24, 2.45) is 0 Å². The third-order valence-electron chi connectivity index (χ3n) is 2.37. The lowest BCUT2D eigenvalue weighted by Crippen LogP contribution is -2.16. The number of unbranched alkanes of at least 4 members (excludes halogenated alkanes) is 5. The first-order valence-electron chi connectivity index (χ1n) is 6.97. The summed E-state index contributed by atoms with van der Waals surface area (Å²) in [6.45, 7) is -0.623. The van der Waals surface area contributed by atoms with Crippen LogP contribution in [-0.4, -0.2) is 30.8 Å². The third kappa shape index (κ3) is 18.7. The van der Waals surface area contributed by atoms with Crippen LogP contribution in [0.2, 0.25) is 0 Å². The van der Waals surface area contributed by atoms with Gasteiger partial charge in [0, 0.05) is 12.8 Å². The van der Waals surface area contributed by atoms with E-state index in [1.165, 1.54) is 0 Å². The van der Waals surface area contributed by atoms with Gasteiger partial charge in [-0.1, -0.05) is 52.5 Å². The van der Waals surface area contributed by atoms with E-state index < -0.39 is 23.1 Å². The fraction of sp³-hybridized carbons (Fsp3) is 0.500. The van der Waals surface area contributed by atoms with Crippen molar-refractivity contribution in [1.82, 2.24) is 0 Å². The minimum Gasteiger partial charge on any atom is -0.378 e. The SMILES string of the molecule is O=S(=O)(O)OCC(O)C#CC#CCCCCCCC#CC=CBr. The second-order valence-corrected chi connectivity index (χ2v) is 5.95. The van der Waals surface area contributed by atoms with Crippen molar-refractivity contribution < 1.29 is 22.3 Å². The van der Waals surface area contributed by atoms with Gasteiger partial charge < -0.3 is 5.11 Å². The van der Waals surface area contributed by atoms with Crippen molar-refractivity contribution in [3.63, 3.8) is 0 Å². The quantitative estimate of drug-likeness (QED) is 0.370. The highest BCUT2D eigenvalue weighted by molar-refractivity contribution is 9.11. The lowest BCUT2D eigenvalue weighted by atomic mass is 10.1. The molecule has 0 aromatic heterocycles. The summed E-state index contributed by atoms with van der Waals surface area (Å²) in [5.41, 5.74) is 0. The maximum absolute atomic E-state index is 10.3. The smallest absolute Gasteiger partial charge is 0.378 e. The van der Waals surface area contributed by atoms with E-state index in [2.05, 4.69) is 55.6 Å². The molecule has 0 amide bonds. The lowest BCUT2D eigenvalue weighted by molar-refractivity contribution is 0.144. The van der Waals surface area contributed by atoms with E-state index in [0.29, 0.717) is 6.42 Å². The number of rotatable bonds is 8. The van der Waals surface area contributed by atoms with Crippen molar-refractivity contribution in [3.8, 4) is 35.5 Å². The predicted octanol–water partition coefficient (Wildman–Crippen LogP) is 2.43. The molecule has 0 aliphatic heterocycles. The molecule has 0 aliphatic rings. The number of hydrogen-bond acceptors (Lipinski definition) is 4. The zero-order valence-electron chi connectivity index (χ0n) is 12.6. The Kier molecular flexibility index (Phi) is 13.5. The Balaban J connectivity index is 3.67. The molecule has 0 heterocycles. The van der Waals surface area contributed by atoms with E-state index in [0.717, 1.165) is 32.1 Å². The first-order valence-corrected chi connectivity index (χ1v) is 9.25. The van der Waals surface area contributed by atoms with Crippen molar-refractivity contribution >= 4 is 26.3 Å². The highest BCUT2D eigenvalue weighted by Gasteiger charge is 2.07. The molecule has 0 aromatic carbocycles. The summed E-state index contributed by atoms with van der Waals surface area (Å²) in [4.78, 5) is 1.72. The molecular formula is C16H19BrO5S. The maximum atomic E-state index is 10.3. The summed E-state index contributed by atoms with van der Waals surface area (Å²) in [5.74, 6) is 16.0. The molecule has 1 atom stereocenters. The van der Waals surface area contributed by atoms with Gasteiger partial charge in [-0.05, 0) is 35.7 Å². The predicted molar refractivity (Wildman–Crippen MR) is 92.6 cm³/mol. The highest BCUT2D eigenvalue weighted by Crippen LogP contribution is 2.04. The lowest BCUT2D eigenvalue weighted by Gasteiger charge is -2.00. The average Bonchev–Trinajstić information content (AvgIpc) is 2.49. The largest absolute Gasteiger partial charge is 0.397 e. The summed E-state index contributed by atoms with van der Waals surface area (Å²) in [6.07, 6.45) is 6.25. The molecule has 0 radical (unpaired) electrons. The molecule has 1 unspecified atom stereocenters. The fourth-order valence-electron chi connectivity index (χ4n) is 1.36. The Morgan fingerprint density at radius 3 is 2.35 bits per heavy atom. The second-order valence-electron chi connectivity index (χ2n) is 4.33. The van der Waals surface area contributed by atoms with E-state index in [1.807, 2.05) is 0 Å². The molecule has 2 N–H and O–H groups in total. The van der Waals surface area contributed by atoms with Crippen LogP contribution >= 0.6 is 15.9 Å². The minimum atomic E-state index is -4.55. The number of aliphatic hydroxyl groups is 1. The standard InChI is InChI=1S/C16H19BrO5S/c17-14-12-10-8-6-4-2-1-3-5-7-9-11-13-16(18)15-22-23(19,20)21/h12,14,16,18H,1-6,15H2,(H,19,20,21). The van der Waals surface area contributed by atoms with E-state index in [1.54, 1.807) is 11.1 Å². The molecule has 0 saturated carbocycles. The van der Waals surface area contributed by atoms with Gasteiger partial charge in [0.2, 0.25) is 0 Å². The number of hydrogen-bond donors (Lipinski definition) is 2. The maximum Gasteiger partial charge on any atom is 0.397 e. The number of halogens is 1. The van der Waals surface area contributed by atoms with E-state index in [9.17, 15) is 13.5 Å². The fourth-order valence-corrected chi connectivity index (χ4v) is 1.79. The Morgan fingerprint density at radius 2 is 1.74 bits per heavy atom. The summed E-state index contributed by atoms with van der Waals surface area (Å²) < 4.78 is 32.8. The van der Waals surface area contributed by atoms with Crippen molar-refractivity contribution in [3.05, 3.63) is 11.1 Å². The van der Waals surface area contributed by atoms with Gasteiger partial charge in [0.25, 0.3) is 0 Å². The van der Waals surface area contributed by atoms with Crippen LogP contribution in [0.25, 0.3) is 0 Å². The molecular weight excluding hydrogens is 384 g/mol. The van der Waals surface area contributed by atoms with Gasteiger partial charge in [-0.3, -0.25) is 4.55 Å². The van der Waals surface area contributed by atoms with Crippen LogP contribution in [0.1, 0.15) is 38.5 Å². The topological polar surface area (TPSA) is 83.8 Å². The van der Waals surface area contributed by atoms with Gasteiger partial charge >= 0.3 is 10.4 Å². The van der Waals surface area contributed by atoms with Crippen molar-refractivity contribution in [1.29, 1.82) is 0 Å². The molecule has 0 bridgehead atoms. The van der Waals surface area contributed by atoms with Crippen molar-refractivity contribution in [2.75, 3.05) is 6.61 Å². The summed E-state index contributed by atoms with van der Waals surface area (Å²) in [7, 11) is -4.55. The molecule has 0 rings (SSSR count). The van der Waals surface area contributed by atoms with Gasteiger partial charge in [0.15, 0.2) is 0 Å². The first kappa shape index (κ1) is 21.7. The number of aliphatic hydroxyl groups excluding tert-OH is 1. The zero-order chi connectivity index (χ0) is 17.4. The molecule has 0 fully saturated rings. The van der Waals surface area contributed by atoms with Crippen LogP contribution in [0.5, 0.6) is 0 Å². The normalized spacial score (nSPS) is 11.6. The van der Waals surface area contributed by atoms with Gasteiger partial charge in [0.1, 0.15) is 12.7 Å². The van der Waals surface area contributed by atoms with Crippen LogP contribution in [0.15, 0.2) is 11.1 Å². The van der Waals surface area contributed by atoms with Crippen LogP contribution in [0.3, 0.4) is 0 Å². The number of allylic oxidation sites excluding steroid dienone is 1. The Morgan fingerprint density at radius 1 is 1.09 bits per heavy atom. The molecule has 0 saturated heterocycles. The third-order valence-corrected chi connectivity index (χ3v) is 3.06. The summed E-state index contributed by atoms with van der Waals surface area (Å²) in [5, 5.41) is 9.23. The summed E-state index contributed by atoms with van der Waals surface area (Å²) >= 11 is 3.14. The van der Waals surface area contributed by atoms with Crippen LogP contribution in [0.4, 0.5) is 0 Å². The first-order chi connectivity index (χ1) is 11.0. The van der Waals surface area contributed by atoms with Crippen molar-refractivity contribution in [2.45, 2.75) is 44.6 Å². The van der Waals surface area contributed by atoms with Gasteiger partial charge in [-0.2, -0.15) is 8.42 Å². The molecule has 5 nitrogen and oxygen atoms in total. The Labute approximate surface area is 146 Å². The van der Waals surface area contributed by atoms with Crippen LogP contribution in [-0.2, 0) is 14.6 Å². The second kappa shape index (κ2) is 14.3. The van der Waals surface area contributed by atoms with Crippen LogP contribution in [0, 0.1) is 35.5 Å². The Bertz CT molecular complexity index is 635. The van der Waals surface area contributed by atoms with Crippen LogP contribution < -0.4 is 0 Å². The van der Waals surface area contributed by atoms with Gasteiger partial charge in [-0.25, -0.2) is 4.18 Å². The molecule has 7 heteroatoms. The highest BCUT2D eigenvalue weighted by atomic mass is 79.9. The molecule has 0 aromatic rings. The Hall–Kier alpha value is -1.27. The minimum absolute atomic E-state index is 0.623.